The second kappa shape index (κ2) is 9.95. The maximum absolute atomic E-state index is 12.1. The van der Waals surface area contributed by atoms with Gasteiger partial charge in [0.25, 0.3) is 0 Å². The van der Waals surface area contributed by atoms with Crippen LogP contribution in [0, 0.1) is 6.92 Å². The summed E-state index contributed by atoms with van der Waals surface area (Å²) >= 11 is 1.62. The number of hydrogen-bond acceptors (Lipinski definition) is 7. The largest absolute Gasteiger partial charge is 0.383 e. The highest BCUT2D eigenvalue weighted by Crippen LogP contribution is 2.28. The molecule has 0 aromatic carbocycles. The molecule has 3 heterocycles. The number of amides is 1. The van der Waals surface area contributed by atoms with Crippen LogP contribution in [-0.2, 0) is 9.53 Å². The molecule has 1 fully saturated rings. The predicted molar refractivity (Wildman–Crippen MR) is 112 cm³/mol. The van der Waals surface area contributed by atoms with Crippen LogP contribution >= 0.6 is 11.3 Å². The number of nitrogens with one attached hydrogen (secondary N) is 2. The molecule has 1 aliphatic heterocycles. The van der Waals surface area contributed by atoms with Crippen molar-refractivity contribution in [1.82, 2.24) is 20.2 Å². The van der Waals surface area contributed by atoms with Gasteiger partial charge in [0, 0.05) is 35.8 Å². The average molecular weight is 404 g/mol. The lowest BCUT2D eigenvalue weighted by Gasteiger charge is -2.31. The van der Waals surface area contributed by atoms with Crippen LogP contribution in [0.25, 0.3) is 0 Å². The number of hydrogen-bond donors (Lipinski definition) is 2. The van der Waals surface area contributed by atoms with Gasteiger partial charge in [0.05, 0.1) is 13.2 Å². The summed E-state index contributed by atoms with van der Waals surface area (Å²) in [4.78, 5) is 24.6. The van der Waals surface area contributed by atoms with E-state index in [2.05, 4.69) is 26.6 Å². The second-order valence-electron chi connectivity index (χ2n) is 7.32. The maximum atomic E-state index is 12.1. The zero-order chi connectivity index (χ0) is 19.9. The molecule has 8 heteroatoms. The molecular formula is C20H29N5O2S. The second-order valence-corrected chi connectivity index (χ2v) is 8.56. The van der Waals surface area contributed by atoms with Gasteiger partial charge in [-0.2, -0.15) is 0 Å². The van der Waals surface area contributed by atoms with E-state index in [0.29, 0.717) is 19.1 Å². The van der Waals surface area contributed by atoms with E-state index in [1.54, 1.807) is 18.4 Å². The van der Waals surface area contributed by atoms with E-state index in [4.69, 9.17) is 9.72 Å². The van der Waals surface area contributed by atoms with Crippen LogP contribution in [0.2, 0.25) is 0 Å². The standard InChI is InChI=1S/C20H29N5O2S/c1-14(13-27-3)22-19(26)12-25-9-7-16(8-10-25)17-5-4-6-18(23-17)24-20-21-11-15(2)28-20/h4-6,11,14,16H,7-10,12-13H2,1-3H3,(H,22,26)(H,21,23,24). The van der Waals surface area contributed by atoms with Gasteiger partial charge in [-0.05, 0) is 51.9 Å². The van der Waals surface area contributed by atoms with E-state index in [1.807, 2.05) is 32.2 Å². The van der Waals surface area contributed by atoms with Crippen LogP contribution in [0.4, 0.5) is 10.9 Å². The first-order valence-corrected chi connectivity index (χ1v) is 10.5. The third kappa shape index (κ3) is 5.98. The van der Waals surface area contributed by atoms with Crippen molar-refractivity contribution in [3.8, 4) is 0 Å². The van der Waals surface area contributed by atoms with Crippen molar-refractivity contribution in [2.45, 2.75) is 38.6 Å². The molecular weight excluding hydrogens is 374 g/mol. The summed E-state index contributed by atoms with van der Waals surface area (Å²) in [6.45, 7) is 6.78. The molecule has 0 radical (unpaired) electrons. The van der Waals surface area contributed by atoms with Crippen molar-refractivity contribution in [2.24, 2.45) is 0 Å². The molecule has 1 saturated heterocycles. The van der Waals surface area contributed by atoms with Crippen LogP contribution in [0.5, 0.6) is 0 Å². The van der Waals surface area contributed by atoms with Gasteiger partial charge in [-0.1, -0.05) is 6.07 Å². The maximum Gasteiger partial charge on any atom is 0.234 e. The molecule has 152 valence electrons. The Labute approximate surface area is 170 Å². The number of aryl methyl sites for hydroxylation is 1. The average Bonchev–Trinajstić information content (AvgIpc) is 3.07. The number of carbonyl (C=O) groups is 1. The Morgan fingerprint density at radius 2 is 2.18 bits per heavy atom. The van der Waals surface area contributed by atoms with E-state index < -0.39 is 0 Å². The first-order chi connectivity index (χ1) is 13.5. The molecule has 0 aliphatic carbocycles. The molecule has 1 amide bonds. The van der Waals surface area contributed by atoms with E-state index in [1.165, 1.54) is 4.88 Å². The number of piperidine rings is 1. The normalized spacial score (nSPS) is 16.7. The van der Waals surface area contributed by atoms with E-state index in [9.17, 15) is 4.79 Å². The quantitative estimate of drug-likeness (QED) is 0.706. The van der Waals surface area contributed by atoms with Crippen molar-refractivity contribution in [3.05, 3.63) is 35.0 Å². The molecule has 28 heavy (non-hydrogen) atoms. The lowest BCUT2D eigenvalue weighted by Crippen LogP contribution is -2.44. The molecule has 2 aromatic rings. The lowest BCUT2D eigenvalue weighted by molar-refractivity contribution is -0.123. The minimum atomic E-state index is 0.0381. The molecule has 0 spiro atoms. The monoisotopic (exact) mass is 403 g/mol. The summed E-state index contributed by atoms with van der Waals surface area (Å²) < 4.78 is 5.06. The number of ether oxygens (including phenoxy) is 1. The van der Waals surface area contributed by atoms with Gasteiger partial charge in [-0.25, -0.2) is 9.97 Å². The first-order valence-electron chi connectivity index (χ1n) is 9.70. The Morgan fingerprint density at radius 3 is 2.86 bits per heavy atom. The Kier molecular flexibility index (Phi) is 7.36. The predicted octanol–water partition coefficient (Wildman–Crippen LogP) is 2.92. The summed E-state index contributed by atoms with van der Waals surface area (Å²) in [5.41, 5.74) is 1.11. The molecule has 1 atom stereocenters. The van der Waals surface area contributed by atoms with E-state index >= 15 is 0 Å². The number of aromatic nitrogens is 2. The number of pyridine rings is 1. The summed E-state index contributed by atoms with van der Waals surface area (Å²) in [5.74, 6) is 1.32. The fourth-order valence-electron chi connectivity index (χ4n) is 3.47. The number of thiazole rings is 1. The van der Waals surface area contributed by atoms with Crippen LogP contribution in [0.15, 0.2) is 24.4 Å². The van der Waals surface area contributed by atoms with Crippen LogP contribution < -0.4 is 10.6 Å². The Balaban J connectivity index is 1.49. The van der Waals surface area contributed by atoms with Gasteiger partial charge < -0.3 is 15.4 Å². The number of methoxy groups -OCH3 is 1. The Bertz CT molecular complexity index is 773. The van der Waals surface area contributed by atoms with Crippen molar-refractivity contribution in [2.75, 3.05) is 38.7 Å². The summed E-state index contributed by atoms with van der Waals surface area (Å²) in [6.07, 6.45) is 3.88. The van der Waals surface area contributed by atoms with Gasteiger partial charge in [0.2, 0.25) is 5.91 Å². The Hall–Kier alpha value is -2.03. The van der Waals surface area contributed by atoms with Crippen LogP contribution in [-0.4, -0.2) is 60.2 Å². The first kappa shape index (κ1) is 20.7. The molecule has 0 bridgehead atoms. The zero-order valence-electron chi connectivity index (χ0n) is 16.8. The number of rotatable bonds is 8. The van der Waals surface area contributed by atoms with Crippen molar-refractivity contribution in [1.29, 1.82) is 0 Å². The van der Waals surface area contributed by atoms with Crippen molar-refractivity contribution < 1.29 is 9.53 Å². The number of anilines is 2. The van der Waals surface area contributed by atoms with Gasteiger partial charge in [-0.15, -0.1) is 11.3 Å². The zero-order valence-corrected chi connectivity index (χ0v) is 17.6. The SMILES string of the molecule is COCC(C)NC(=O)CN1CCC(c2cccc(Nc3ncc(C)s3)n2)CC1. The highest BCUT2D eigenvalue weighted by molar-refractivity contribution is 7.15. The highest BCUT2D eigenvalue weighted by Gasteiger charge is 2.23. The number of nitrogens with zero attached hydrogens (tertiary/aromatic N) is 3. The number of carbonyl (C=O) groups excluding carboxylic acids is 1. The van der Waals surface area contributed by atoms with Crippen molar-refractivity contribution >= 4 is 28.2 Å². The minimum absolute atomic E-state index is 0.0381. The van der Waals surface area contributed by atoms with Gasteiger partial charge in [0.1, 0.15) is 5.82 Å². The van der Waals surface area contributed by atoms with E-state index in [0.717, 1.165) is 42.6 Å². The smallest absolute Gasteiger partial charge is 0.234 e. The van der Waals surface area contributed by atoms with Gasteiger partial charge in [-0.3, -0.25) is 9.69 Å². The molecule has 1 aliphatic rings. The molecule has 0 saturated carbocycles. The fourth-order valence-corrected chi connectivity index (χ4v) is 4.14. The van der Waals surface area contributed by atoms with Gasteiger partial charge in [0.15, 0.2) is 5.13 Å². The lowest BCUT2D eigenvalue weighted by atomic mass is 9.93. The van der Waals surface area contributed by atoms with Crippen LogP contribution in [0.1, 0.15) is 36.3 Å². The highest BCUT2D eigenvalue weighted by atomic mass is 32.1. The molecule has 2 N–H and O–H groups in total. The third-order valence-corrected chi connectivity index (χ3v) is 5.65. The van der Waals surface area contributed by atoms with Crippen molar-refractivity contribution in [3.63, 3.8) is 0 Å². The molecule has 1 unspecified atom stereocenters. The number of likely N-dealkylation sites (tertiary alicyclic amines) is 1. The minimum Gasteiger partial charge on any atom is -0.383 e. The third-order valence-electron chi connectivity index (χ3n) is 4.82. The summed E-state index contributed by atoms with van der Waals surface area (Å²) in [5, 5.41) is 7.13. The van der Waals surface area contributed by atoms with E-state index in [-0.39, 0.29) is 11.9 Å². The topological polar surface area (TPSA) is 79.4 Å². The summed E-state index contributed by atoms with van der Waals surface area (Å²) in [7, 11) is 1.64. The summed E-state index contributed by atoms with van der Waals surface area (Å²) in [6, 6.07) is 6.15. The fraction of sp³-hybridized carbons (Fsp3) is 0.550. The van der Waals surface area contributed by atoms with Gasteiger partial charge >= 0.3 is 0 Å². The molecule has 2 aromatic heterocycles. The Morgan fingerprint density at radius 1 is 1.39 bits per heavy atom. The molecule has 7 nitrogen and oxygen atoms in total. The van der Waals surface area contributed by atoms with Crippen LogP contribution in [0.3, 0.4) is 0 Å². The molecule has 3 rings (SSSR count).